The van der Waals surface area contributed by atoms with E-state index in [1.807, 2.05) is 12.1 Å². The molecule has 1 aromatic carbocycles. The van der Waals surface area contributed by atoms with Gasteiger partial charge in [-0.15, -0.1) is 0 Å². The first-order valence-electron chi connectivity index (χ1n) is 4.75. The van der Waals surface area contributed by atoms with Gasteiger partial charge in [-0.1, -0.05) is 31.0 Å². The quantitative estimate of drug-likeness (QED) is 0.702. The maximum atomic E-state index is 11.2. The van der Waals surface area contributed by atoms with Gasteiger partial charge in [0.1, 0.15) is 7.85 Å². The number of hydrogen-bond acceptors (Lipinski definition) is 2. The molecule has 1 rings (SSSR count). The van der Waals surface area contributed by atoms with Crippen LogP contribution in [0.15, 0.2) is 29.2 Å². The fourth-order valence-electron chi connectivity index (χ4n) is 1.28. The summed E-state index contributed by atoms with van der Waals surface area (Å²) in [7, 11) is -0.918. The Kier molecular flexibility index (Phi) is 3.37. The summed E-state index contributed by atoms with van der Waals surface area (Å²) in [5.41, 5.74) is 1.19. The van der Waals surface area contributed by atoms with Crippen molar-refractivity contribution < 1.29 is 8.42 Å². The molecule has 0 aliphatic rings. The van der Waals surface area contributed by atoms with Gasteiger partial charge in [0.15, 0.2) is 9.84 Å². The molecule has 1 unspecified atom stereocenters. The molecule has 0 N–H and O–H groups in total. The third kappa shape index (κ3) is 2.61. The van der Waals surface area contributed by atoms with Gasteiger partial charge in [-0.05, 0) is 17.9 Å². The second-order valence-electron chi connectivity index (χ2n) is 3.65. The fraction of sp³-hybridized carbons (Fsp3) is 0.400. The second kappa shape index (κ2) is 4.17. The zero-order chi connectivity index (χ0) is 10.8. The maximum absolute atomic E-state index is 11.2. The van der Waals surface area contributed by atoms with E-state index < -0.39 is 9.84 Å². The minimum Gasteiger partial charge on any atom is -0.224 e. The molecule has 14 heavy (non-hydrogen) atoms. The molecule has 1 aromatic rings. The zero-order valence-electron chi connectivity index (χ0n) is 8.82. The fourth-order valence-corrected chi connectivity index (χ4v) is 1.91. The lowest BCUT2D eigenvalue weighted by Crippen LogP contribution is -1.99. The Morgan fingerprint density at radius 3 is 2.14 bits per heavy atom. The van der Waals surface area contributed by atoms with Crippen molar-refractivity contribution in [2.24, 2.45) is 0 Å². The molecule has 0 aliphatic heterocycles. The summed E-state index contributed by atoms with van der Waals surface area (Å²) >= 11 is 0. The third-order valence-electron chi connectivity index (χ3n) is 2.49. The van der Waals surface area contributed by atoms with Crippen molar-refractivity contribution in [3.8, 4) is 0 Å². The van der Waals surface area contributed by atoms with E-state index in [1.54, 1.807) is 12.1 Å². The van der Waals surface area contributed by atoms with Gasteiger partial charge in [0.2, 0.25) is 0 Å². The molecule has 1 atom stereocenters. The van der Waals surface area contributed by atoms with Crippen LogP contribution in [0.3, 0.4) is 0 Å². The topological polar surface area (TPSA) is 34.1 Å². The van der Waals surface area contributed by atoms with Gasteiger partial charge in [-0.25, -0.2) is 8.42 Å². The molecule has 0 spiro atoms. The molecule has 2 nitrogen and oxygen atoms in total. The highest BCUT2D eigenvalue weighted by Crippen LogP contribution is 2.18. The van der Waals surface area contributed by atoms with E-state index in [-0.39, 0.29) is 0 Å². The molecule has 0 aromatic heterocycles. The smallest absolute Gasteiger partial charge is 0.175 e. The van der Waals surface area contributed by atoms with Crippen LogP contribution in [0.2, 0.25) is 0 Å². The van der Waals surface area contributed by atoms with Crippen molar-refractivity contribution in [2.75, 3.05) is 6.26 Å². The molecule has 0 heterocycles. The van der Waals surface area contributed by atoms with Gasteiger partial charge in [0.05, 0.1) is 4.90 Å². The van der Waals surface area contributed by atoms with Gasteiger partial charge in [0.25, 0.3) is 0 Å². The lowest BCUT2D eigenvalue weighted by Gasteiger charge is -2.08. The van der Waals surface area contributed by atoms with E-state index in [0.29, 0.717) is 10.7 Å². The summed E-state index contributed by atoms with van der Waals surface area (Å²) in [6.07, 6.45) is 2.30. The zero-order valence-corrected chi connectivity index (χ0v) is 9.64. The van der Waals surface area contributed by atoms with Gasteiger partial charge >= 0.3 is 0 Å². The van der Waals surface area contributed by atoms with Crippen LogP contribution < -0.4 is 0 Å². The number of hydrogen-bond donors (Lipinski definition) is 0. The lowest BCUT2D eigenvalue weighted by atomic mass is 9.79. The molecule has 76 valence electrons. The Bertz CT molecular complexity index is 395. The summed E-state index contributed by atoms with van der Waals surface area (Å²) in [6.45, 7) is 2.12. The average molecular weight is 210 g/mol. The summed E-state index contributed by atoms with van der Waals surface area (Å²) in [5.74, 6) is 0.489. The Hall–Kier alpha value is -0.765. The molecule has 0 fully saturated rings. The highest BCUT2D eigenvalue weighted by molar-refractivity contribution is 7.90. The van der Waals surface area contributed by atoms with E-state index in [2.05, 4.69) is 14.8 Å². The molecule has 0 amide bonds. The van der Waals surface area contributed by atoms with E-state index in [4.69, 9.17) is 0 Å². The van der Waals surface area contributed by atoms with Gasteiger partial charge in [-0.3, -0.25) is 0 Å². The summed E-state index contributed by atoms with van der Waals surface area (Å²) in [4.78, 5) is 0.393. The Morgan fingerprint density at radius 2 is 1.79 bits per heavy atom. The van der Waals surface area contributed by atoms with Crippen molar-refractivity contribution >= 4 is 17.7 Å². The molecule has 0 aliphatic carbocycles. The number of benzene rings is 1. The average Bonchev–Trinajstić information content (AvgIpc) is 2.15. The standard InChI is InChI=1S/C10H15BO2S/c1-3-10(11)8-4-6-9(7-5-8)14(2,12)13/h4-7,10H,3,11H2,1-2H3. The highest BCUT2D eigenvalue weighted by atomic mass is 32.2. The minimum absolute atomic E-state index is 0.393. The van der Waals surface area contributed by atoms with E-state index in [1.165, 1.54) is 11.8 Å². The molecular weight excluding hydrogens is 195 g/mol. The monoisotopic (exact) mass is 210 g/mol. The first kappa shape index (κ1) is 11.3. The normalized spacial score (nSPS) is 13.9. The van der Waals surface area contributed by atoms with Crippen molar-refractivity contribution in [1.29, 1.82) is 0 Å². The van der Waals surface area contributed by atoms with Crippen LogP contribution in [0.5, 0.6) is 0 Å². The molecule has 0 saturated heterocycles. The van der Waals surface area contributed by atoms with E-state index >= 15 is 0 Å². The number of rotatable bonds is 3. The van der Waals surface area contributed by atoms with Crippen LogP contribution in [0.25, 0.3) is 0 Å². The maximum Gasteiger partial charge on any atom is 0.175 e. The Balaban J connectivity index is 3.01. The molecular formula is C10H15BO2S. The third-order valence-corrected chi connectivity index (χ3v) is 3.62. The second-order valence-corrected chi connectivity index (χ2v) is 5.67. The Labute approximate surface area is 86.7 Å². The van der Waals surface area contributed by atoms with E-state index in [9.17, 15) is 8.42 Å². The molecule has 0 radical (unpaired) electrons. The van der Waals surface area contributed by atoms with Crippen LogP contribution in [0.1, 0.15) is 24.7 Å². The van der Waals surface area contributed by atoms with Crippen molar-refractivity contribution in [2.45, 2.75) is 24.1 Å². The van der Waals surface area contributed by atoms with Gasteiger partial charge < -0.3 is 0 Å². The van der Waals surface area contributed by atoms with Crippen LogP contribution in [-0.2, 0) is 9.84 Å². The number of sulfone groups is 1. The van der Waals surface area contributed by atoms with Crippen molar-refractivity contribution in [3.05, 3.63) is 29.8 Å². The predicted molar refractivity (Wildman–Crippen MR) is 61.1 cm³/mol. The van der Waals surface area contributed by atoms with Gasteiger partial charge in [0, 0.05) is 6.26 Å². The molecule has 0 bridgehead atoms. The largest absolute Gasteiger partial charge is 0.224 e. The molecule has 0 saturated carbocycles. The van der Waals surface area contributed by atoms with Crippen molar-refractivity contribution in [3.63, 3.8) is 0 Å². The van der Waals surface area contributed by atoms with Crippen LogP contribution >= 0.6 is 0 Å². The summed E-state index contributed by atoms with van der Waals surface area (Å²) in [5, 5.41) is 0. The molecule has 4 heteroatoms. The van der Waals surface area contributed by atoms with E-state index in [0.717, 1.165) is 6.42 Å². The van der Waals surface area contributed by atoms with Crippen LogP contribution in [-0.4, -0.2) is 22.5 Å². The highest BCUT2D eigenvalue weighted by Gasteiger charge is 2.07. The van der Waals surface area contributed by atoms with Crippen molar-refractivity contribution in [1.82, 2.24) is 0 Å². The SMILES string of the molecule is BC(CC)c1ccc(S(C)(=O)=O)cc1. The first-order chi connectivity index (χ1) is 6.45. The van der Waals surface area contributed by atoms with Gasteiger partial charge in [-0.2, -0.15) is 0 Å². The summed E-state index contributed by atoms with van der Waals surface area (Å²) in [6, 6.07) is 7.14. The lowest BCUT2D eigenvalue weighted by molar-refractivity contribution is 0.602. The Morgan fingerprint density at radius 1 is 1.29 bits per heavy atom. The predicted octanol–water partition coefficient (Wildman–Crippen LogP) is 1.17. The van der Waals surface area contributed by atoms with Crippen LogP contribution in [0.4, 0.5) is 0 Å². The minimum atomic E-state index is -3.05. The van der Waals surface area contributed by atoms with Crippen LogP contribution in [0, 0.1) is 0 Å². The summed E-state index contributed by atoms with van der Waals surface area (Å²) < 4.78 is 22.4. The first-order valence-corrected chi connectivity index (χ1v) is 6.64.